The molecule has 1 aromatic carbocycles. The molecule has 3 aliphatic heterocycles. The predicted octanol–water partition coefficient (Wildman–Crippen LogP) is 0.642. The van der Waals surface area contributed by atoms with Gasteiger partial charge in [0, 0.05) is 30.8 Å². The Balaban J connectivity index is 1.57. The molecule has 1 N–H and O–H groups in total. The number of carbonyl (C=O) groups excluding carboxylic acids is 3. The van der Waals surface area contributed by atoms with Gasteiger partial charge in [0.1, 0.15) is 0 Å². The van der Waals surface area contributed by atoms with Crippen LogP contribution in [0.1, 0.15) is 34.3 Å². The number of benzene rings is 1. The van der Waals surface area contributed by atoms with E-state index in [0.717, 1.165) is 5.70 Å². The first-order valence-corrected chi connectivity index (χ1v) is 7.90. The Hall–Kier alpha value is -3.64. The van der Waals surface area contributed by atoms with Gasteiger partial charge < -0.3 is 4.84 Å². The number of carbonyl (C=O) groups is 3. The first-order valence-electron chi connectivity index (χ1n) is 7.90. The molecule has 0 spiro atoms. The van der Waals surface area contributed by atoms with Crippen molar-refractivity contribution >= 4 is 23.5 Å². The van der Waals surface area contributed by atoms with Gasteiger partial charge in [0.2, 0.25) is 0 Å². The molecule has 0 aromatic heterocycles. The van der Waals surface area contributed by atoms with E-state index in [4.69, 9.17) is 4.84 Å². The monoisotopic (exact) mass is 351 g/mol. The van der Waals surface area contributed by atoms with E-state index in [1.54, 1.807) is 6.07 Å². The lowest BCUT2D eigenvalue weighted by atomic mass is 10.0. The summed E-state index contributed by atoms with van der Waals surface area (Å²) in [6.07, 6.45) is 5.75. The second-order valence-electron chi connectivity index (χ2n) is 5.83. The second kappa shape index (κ2) is 6.02. The van der Waals surface area contributed by atoms with Crippen molar-refractivity contribution in [1.29, 1.82) is 5.26 Å². The van der Waals surface area contributed by atoms with Crippen molar-refractivity contribution in [2.45, 2.75) is 12.8 Å². The molecule has 0 radical (unpaired) electrons. The molecule has 9 heteroatoms. The Morgan fingerprint density at radius 1 is 1.23 bits per heavy atom. The number of hydrogen-bond donors (Lipinski definition) is 1. The van der Waals surface area contributed by atoms with Crippen molar-refractivity contribution in [2.75, 3.05) is 6.54 Å². The highest BCUT2D eigenvalue weighted by Crippen LogP contribution is 2.26. The standard InChI is InChI=1S/C17H13N5O4/c18-9-12-8-11(17(25)26-22-15(23)4-5-16(22)24)2-3-13(12)14-10-20-6-1-7-21(20)19-14/h1-3,6,8,10,19H,4-5,7H2. The average Bonchev–Trinajstić information content (AvgIpc) is 3.32. The van der Waals surface area contributed by atoms with E-state index in [1.807, 2.05) is 28.6 Å². The maximum absolute atomic E-state index is 12.2. The molecule has 1 saturated heterocycles. The number of rotatable bonds is 3. The van der Waals surface area contributed by atoms with Gasteiger partial charge in [-0.25, -0.2) is 4.79 Å². The van der Waals surface area contributed by atoms with Crippen LogP contribution in [0.5, 0.6) is 0 Å². The van der Waals surface area contributed by atoms with Gasteiger partial charge in [0.25, 0.3) is 11.8 Å². The quantitative estimate of drug-likeness (QED) is 0.791. The van der Waals surface area contributed by atoms with Crippen molar-refractivity contribution in [3.05, 3.63) is 53.4 Å². The van der Waals surface area contributed by atoms with Gasteiger partial charge in [-0.15, -0.1) is 10.2 Å². The minimum absolute atomic E-state index is 0.0236. The first-order chi connectivity index (χ1) is 12.6. The van der Waals surface area contributed by atoms with Gasteiger partial charge in [-0.2, -0.15) is 5.26 Å². The molecule has 4 rings (SSSR count). The lowest BCUT2D eigenvalue weighted by molar-refractivity contribution is -0.172. The Labute approximate surface area is 148 Å². The van der Waals surface area contributed by atoms with E-state index in [9.17, 15) is 19.6 Å². The van der Waals surface area contributed by atoms with Gasteiger partial charge in [0.05, 0.1) is 29.4 Å². The summed E-state index contributed by atoms with van der Waals surface area (Å²) < 4.78 is 0. The summed E-state index contributed by atoms with van der Waals surface area (Å²) in [6, 6.07) is 6.53. The third-order valence-corrected chi connectivity index (χ3v) is 4.17. The number of hydrogen-bond acceptors (Lipinski definition) is 8. The molecule has 130 valence electrons. The Bertz CT molecular complexity index is 914. The fourth-order valence-electron chi connectivity index (χ4n) is 2.87. The van der Waals surface area contributed by atoms with E-state index >= 15 is 0 Å². The fourth-order valence-corrected chi connectivity index (χ4v) is 2.87. The van der Waals surface area contributed by atoms with E-state index in [1.165, 1.54) is 12.1 Å². The molecule has 0 bridgehead atoms. The van der Waals surface area contributed by atoms with Gasteiger partial charge >= 0.3 is 5.97 Å². The zero-order chi connectivity index (χ0) is 18.3. The molecular weight excluding hydrogens is 338 g/mol. The Morgan fingerprint density at radius 2 is 2.00 bits per heavy atom. The number of hydrazine groups is 2. The highest BCUT2D eigenvalue weighted by Gasteiger charge is 2.33. The largest absolute Gasteiger partial charge is 0.363 e. The summed E-state index contributed by atoms with van der Waals surface area (Å²) in [5.74, 6) is -1.97. The number of imide groups is 1. The average molecular weight is 351 g/mol. The van der Waals surface area contributed by atoms with Crippen LogP contribution >= 0.6 is 0 Å². The van der Waals surface area contributed by atoms with Crippen LogP contribution in [0, 0.1) is 11.3 Å². The normalized spacial score (nSPS) is 18.7. The summed E-state index contributed by atoms with van der Waals surface area (Å²) in [7, 11) is 0. The molecule has 26 heavy (non-hydrogen) atoms. The van der Waals surface area contributed by atoms with E-state index in [2.05, 4.69) is 11.5 Å². The minimum atomic E-state index is -0.864. The van der Waals surface area contributed by atoms with Crippen LogP contribution in [0.3, 0.4) is 0 Å². The van der Waals surface area contributed by atoms with Crippen molar-refractivity contribution < 1.29 is 19.2 Å². The van der Waals surface area contributed by atoms with Crippen LogP contribution in [0.15, 0.2) is 36.7 Å². The molecule has 2 amide bonds. The van der Waals surface area contributed by atoms with Crippen LogP contribution in [0.2, 0.25) is 0 Å². The summed E-state index contributed by atoms with van der Waals surface area (Å²) in [4.78, 5) is 40.2. The molecule has 1 fully saturated rings. The van der Waals surface area contributed by atoms with Gasteiger partial charge in [-0.1, -0.05) is 6.07 Å². The number of amides is 2. The summed E-state index contributed by atoms with van der Waals surface area (Å²) in [5.41, 5.74) is 4.85. The minimum Gasteiger partial charge on any atom is -0.325 e. The summed E-state index contributed by atoms with van der Waals surface area (Å²) in [6.45, 7) is 0.699. The molecular formula is C17H13N5O4. The van der Waals surface area contributed by atoms with E-state index in [0.29, 0.717) is 17.2 Å². The van der Waals surface area contributed by atoms with Crippen LogP contribution in [-0.4, -0.2) is 39.5 Å². The van der Waals surface area contributed by atoms with Crippen molar-refractivity contribution in [3.8, 4) is 6.07 Å². The number of nitrogens with one attached hydrogen (secondary N) is 1. The smallest absolute Gasteiger partial charge is 0.325 e. The van der Waals surface area contributed by atoms with Crippen molar-refractivity contribution in [2.24, 2.45) is 0 Å². The van der Waals surface area contributed by atoms with E-state index < -0.39 is 17.8 Å². The molecule has 3 heterocycles. The van der Waals surface area contributed by atoms with Gasteiger partial charge in [0.15, 0.2) is 0 Å². The van der Waals surface area contributed by atoms with Crippen molar-refractivity contribution in [3.63, 3.8) is 0 Å². The Kier molecular flexibility index (Phi) is 3.67. The molecule has 0 unspecified atom stereocenters. The number of fused-ring (bicyclic) bond motifs is 1. The van der Waals surface area contributed by atoms with Gasteiger partial charge in [-0.05, 0) is 18.2 Å². The highest BCUT2D eigenvalue weighted by molar-refractivity contribution is 6.02. The fraction of sp³-hybridized carbons (Fsp3) is 0.176. The van der Waals surface area contributed by atoms with Gasteiger partial charge in [-0.3, -0.25) is 20.0 Å². The predicted molar refractivity (Wildman–Crippen MR) is 86.5 cm³/mol. The second-order valence-corrected chi connectivity index (χ2v) is 5.83. The zero-order valence-electron chi connectivity index (χ0n) is 13.5. The maximum atomic E-state index is 12.2. The van der Waals surface area contributed by atoms with E-state index in [-0.39, 0.29) is 24.0 Å². The number of nitriles is 1. The SMILES string of the molecule is N#Cc1cc(C(=O)ON2C(=O)CCC2=O)ccc1C1=CN2C=CCN2N1. The molecule has 0 aliphatic carbocycles. The first kappa shape index (κ1) is 15.9. The molecule has 9 nitrogen and oxygen atoms in total. The van der Waals surface area contributed by atoms with Crippen LogP contribution in [0.25, 0.3) is 5.70 Å². The molecule has 0 atom stereocenters. The van der Waals surface area contributed by atoms with Crippen molar-refractivity contribution in [1.82, 2.24) is 20.6 Å². The number of nitrogens with zero attached hydrogens (tertiary/aromatic N) is 4. The van der Waals surface area contributed by atoms with Crippen LogP contribution in [0.4, 0.5) is 0 Å². The van der Waals surface area contributed by atoms with Crippen LogP contribution < -0.4 is 5.43 Å². The number of hydroxylamine groups is 2. The molecule has 1 aromatic rings. The molecule has 0 saturated carbocycles. The zero-order valence-corrected chi connectivity index (χ0v) is 13.5. The lowest BCUT2D eigenvalue weighted by Crippen LogP contribution is -2.36. The summed E-state index contributed by atoms with van der Waals surface area (Å²) in [5, 5.41) is 13.6. The highest BCUT2D eigenvalue weighted by atomic mass is 16.7. The topological polar surface area (TPSA) is 106 Å². The maximum Gasteiger partial charge on any atom is 0.363 e. The molecule has 3 aliphatic rings. The lowest BCUT2D eigenvalue weighted by Gasteiger charge is -2.18. The Morgan fingerprint density at radius 3 is 2.69 bits per heavy atom. The third-order valence-electron chi connectivity index (χ3n) is 4.17. The summed E-state index contributed by atoms with van der Waals surface area (Å²) >= 11 is 0. The van der Waals surface area contributed by atoms with Crippen LogP contribution in [-0.2, 0) is 14.4 Å². The third kappa shape index (κ3) is 2.58.